The third kappa shape index (κ3) is 4.67. The van der Waals surface area contributed by atoms with Crippen molar-refractivity contribution in [2.24, 2.45) is 0 Å². The predicted octanol–water partition coefficient (Wildman–Crippen LogP) is 1.98. The highest BCUT2D eigenvalue weighted by Crippen LogP contribution is 2.35. The lowest BCUT2D eigenvalue weighted by atomic mass is 10.2. The highest BCUT2D eigenvalue weighted by molar-refractivity contribution is 6.00. The van der Waals surface area contributed by atoms with Gasteiger partial charge in [0.05, 0.1) is 13.2 Å². The smallest absolute Gasteiger partial charge is 0.299 e. The fraction of sp³-hybridized carbons (Fsp3) is 0.348. The molecule has 2 aromatic heterocycles. The van der Waals surface area contributed by atoms with Crippen LogP contribution in [0.25, 0.3) is 0 Å². The molecule has 0 spiro atoms. The fourth-order valence-corrected chi connectivity index (χ4v) is 3.81. The number of carbonyl (C=O) groups excluding carboxylic acids is 1. The molecule has 10 heteroatoms. The average molecular weight is 455 g/mol. The van der Waals surface area contributed by atoms with Gasteiger partial charge in [-0.15, -0.1) is 0 Å². The average Bonchev–Trinajstić information content (AvgIpc) is 3.17. The monoisotopic (exact) mass is 455 g/mol. The molecule has 1 atom stereocenters. The SMILES string of the molecule is CCOc1nc2c(n1Cc1ccc(F)cc1)C(=O)N(CCCO)C(O)N2Cc1ccncc1. The Morgan fingerprint density at radius 2 is 1.76 bits per heavy atom. The topological polar surface area (TPSA) is 104 Å². The number of imidazole rings is 1. The molecule has 174 valence electrons. The minimum Gasteiger partial charge on any atom is -0.465 e. The van der Waals surface area contributed by atoms with E-state index in [1.807, 2.05) is 19.1 Å². The zero-order valence-electron chi connectivity index (χ0n) is 18.3. The van der Waals surface area contributed by atoms with Crippen molar-refractivity contribution in [2.75, 3.05) is 24.7 Å². The van der Waals surface area contributed by atoms with E-state index in [9.17, 15) is 19.4 Å². The van der Waals surface area contributed by atoms with Crippen LogP contribution in [-0.4, -0.2) is 61.7 Å². The van der Waals surface area contributed by atoms with Gasteiger partial charge in [0.2, 0.25) is 6.35 Å². The number of nitrogens with zero attached hydrogens (tertiary/aromatic N) is 5. The number of fused-ring (bicyclic) bond motifs is 1. The first-order chi connectivity index (χ1) is 16.0. The first kappa shape index (κ1) is 22.7. The maximum atomic E-state index is 13.5. The molecule has 3 aromatic rings. The molecule has 3 heterocycles. The third-order valence-corrected chi connectivity index (χ3v) is 5.39. The number of ether oxygens (including phenoxy) is 1. The molecular formula is C23H26FN5O4. The van der Waals surface area contributed by atoms with Crippen LogP contribution in [0.4, 0.5) is 10.2 Å². The molecular weight excluding hydrogens is 429 g/mol. The van der Waals surface area contributed by atoms with Gasteiger partial charge in [-0.2, -0.15) is 4.98 Å². The Hall–Kier alpha value is -3.50. The van der Waals surface area contributed by atoms with E-state index in [1.165, 1.54) is 17.0 Å². The highest BCUT2D eigenvalue weighted by atomic mass is 19.1. The van der Waals surface area contributed by atoms with Crippen LogP contribution in [-0.2, 0) is 13.1 Å². The quantitative estimate of drug-likeness (QED) is 0.509. The van der Waals surface area contributed by atoms with Crippen molar-refractivity contribution in [2.45, 2.75) is 32.8 Å². The van der Waals surface area contributed by atoms with Gasteiger partial charge in [0.15, 0.2) is 11.5 Å². The van der Waals surface area contributed by atoms with E-state index in [0.29, 0.717) is 18.8 Å². The summed E-state index contributed by atoms with van der Waals surface area (Å²) in [7, 11) is 0. The van der Waals surface area contributed by atoms with Gasteiger partial charge in [-0.25, -0.2) is 4.39 Å². The lowest BCUT2D eigenvalue weighted by Gasteiger charge is -2.40. The van der Waals surface area contributed by atoms with Crippen molar-refractivity contribution >= 4 is 11.7 Å². The molecule has 9 nitrogen and oxygen atoms in total. The molecule has 1 amide bonds. The van der Waals surface area contributed by atoms with Gasteiger partial charge in [-0.05, 0) is 48.7 Å². The van der Waals surface area contributed by atoms with Crippen molar-refractivity contribution in [3.63, 3.8) is 0 Å². The number of hydrogen-bond donors (Lipinski definition) is 2. The number of halogens is 1. The van der Waals surface area contributed by atoms with Crippen LogP contribution < -0.4 is 9.64 Å². The Morgan fingerprint density at radius 1 is 1.06 bits per heavy atom. The molecule has 1 aromatic carbocycles. The summed E-state index contributed by atoms with van der Waals surface area (Å²) in [5.41, 5.74) is 1.90. The van der Waals surface area contributed by atoms with E-state index in [2.05, 4.69) is 9.97 Å². The lowest BCUT2D eigenvalue weighted by Crippen LogP contribution is -2.55. The van der Waals surface area contributed by atoms with E-state index in [4.69, 9.17) is 4.74 Å². The van der Waals surface area contributed by atoms with Crippen LogP contribution >= 0.6 is 0 Å². The third-order valence-electron chi connectivity index (χ3n) is 5.39. The molecule has 0 radical (unpaired) electrons. The van der Waals surface area contributed by atoms with E-state index < -0.39 is 12.3 Å². The van der Waals surface area contributed by atoms with Gasteiger partial charge in [0, 0.05) is 32.1 Å². The molecule has 1 aliphatic heterocycles. The number of hydrogen-bond acceptors (Lipinski definition) is 7. The van der Waals surface area contributed by atoms with E-state index >= 15 is 0 Å². The lowest BCUT2D eigenvalue weighted by molar-refractivity contribution is -0.00251. The van der Waals surface area contributed by atoms with Crippen molar-refractivity contribution < 1.29 is 24.1 Å². The molecule has 0 fully saturated rings. The second-order valence-electron chi connectivity index (χ2n) is 7.62. The maximum absolute atomic E-state index is 13.5. The molecule has 0 saturated carbocycles. The molecule has 0 bridgehead atoms. The number of benzene rings is 1. The van der Waals surface area contributed by atoms with Crippen LogP contribution in [0.2, 0.25) is 0 Å². The van der Waals surface area contributed by atoms with E-state index in [-0.39, 0.29) is 43.8 Å². The number of aliphatic hydroxyl groups excluding tert-OH is 2. The van der Waals surface area contributed by atoms with Crippen molar-refractivity contribution in [1.29, 1.82) is 0 Å². The number of anilines is 1. The Morgan fingerprint density at radius 3 is 2.42 bits per heavy atom. The molecule has 2 N–H and O–H groups in total. The van der Waals surface area contributed by atoms with Crippen molar-refractivity contribution in [1.82, 2.24) is 19.4 Å². The normalized spacial score (nSPS) is 15.6. The van der Waals surface area contributed by atoms with Gasteiger partial charge < -0.3 is 19.8 Å². The Labute approximate surface area is 190 Å². The van der Waals surface area contributed by atoms with Crippen molar-refractivity contribution in [3.05, 3.63) is 71.4 Å². The molecule has 0 saturated heterocycles. The van der Waals surface area contributed by atoms with Gasteiger partial charge in [-0.1, -0.05) is 12.1 Å². The summed E-state index contributed by atoms with van der Waals surface area (Å²) in [6, 6.07) is 9.85. The van der Waals surface area contributed by atoms with E-state index in [1.54, 1.807) is 34.0 Å². The fourth-order valence-electron chi connectivity index (χ4n) is 3.81. The number of carbonyl (C=O) groups is 1. The largest absolute Gasteiger partial charge is 0.465 e. The molecule has 4 rings (SSSR count). The standard InChI is InChI=1S/C23H26FN5O4/c1-2-33-22-26-20-19(28(22)14-16-4-6-18(24)7-5-16)21(31)27(12-3-13-30)23(32)29(20)15-17-8-10-25-11-9-17/h4-11,23,30,32H,2-3,12-15H2,1H3. The van der Waals surface area contributed by atoms with Crippen LogP contribution in [0.1, 0.15) is 35.0 Å². The van der Waals surface area contributed by atoms with E-state index in [0.717, 1.165) is 11.1 Å². The Balaban J connectivity index is 1.80. The second-order valence-corrected chi connectivity index (χ2v) is 7.62. The van der Waals surface area contributed by atoms with Crippen LogP contribution in [0, 0.1) is 5.82 Å². The number of rotatable bonds is 9. The Bertz CT molecular complexity index is 1090. The number of pyridine rings is 1. The summed E-state index contributed by atoms with van der Waals surface area (Å²) in [5, 5.41) is 20.4. The van der Waals surface area contributed by atoms with Crippen LogP contribution in [0.5, 0.6) is 6.01 Å². The highest BCUT2D eigenvalue weighted by Gasteiger charge is 2.41. The number of aromatic nitrogens is 3. The molecule has 1 unspecified atom stereocenters. The Kier molecular flexibility index (Phi) is 6.85. The second kappa shape index (κ2) is 9.97. The van der Waals surface area contributed by atoms with Gasteiger partial charge in [0.25, 0.3) is 11.9 Å². The summed E-state index contributed by atoms with van der Waals surface area (Å²) in [6.07, 6.45) is 2.35. The maximum Gasteiger partial charge on any atom is 0.299 e. The van der Waals surface area contributed by atoms with Gasteiger partial charge >= 0.3 is 0 Å². The predicted molar refractivity (Wildman–Crippen MR) is 118 cm³/mol. The number of amides is 1. The molecule has 33 heavy (non-hydrogen) atoms. The minimum atomic E-state index is -1.27. The summed E-state index contributed by atoms with van der Waals surface area (Å²) in [4.78, 5) is 25.0. The number of aliphatic hydroxyl groups is 2. The minimum absolute atomic E-state index is 0.118. The van der Waals surface area contributed by atoms with Crippen LogP contribution in [0.3, 0.4) is 0 Å². The summed E-state index contributed by atoms with van der Waals surface area (Å²) in [6.45, 7) is 2.69. The van der Waals surface area contributed by atoms with Gasteiger partial charge in [0.1, 0.15) is 5.82 Å². The first-order valence-electron chi connectivity index (χ1n) is 10.8. The molecule has 0 aliphatic carbocycles. The zero-order valence-corrected chi connectivity index (χ0v) is 18.3. The van der Waals surface area contributed by atoms with Crippen molar-refractivity contribution in [3.8, 4) is 6.01 Å². The summed E-state index contributed by atoms with van der Waals surface area (Å²) in [5.74, 6) is -0.470. The summed E-state index contributed by atoms with van der Waals surface area (Å²) < 4.78 is 20.8. The van der Waals surface area contributed by atoms with Crippen LogP contribution in [0.15, 0.2) is 48.8 Å². The molecule has 1 aliphatic rings. The van der Waals surface area contributed by atoms with Gasteiger partial charge in [-0.3, -0.25) is 19.2 Å². The first-order valence-corrected chi connectivity index (χ1v) is 10.8. The summed E-state index contributed by atoms with van der Waals surface area (Å²) >= 11 is 0. The zero-order chi connectivity index (χ0) is 23.4.